The Labute approximate surface area is 156 Å². The molecule has 2 aromatic rings. The molecule has 0 aliphatic carbocycles. The van der Waals surface area contributed by atoms with Crippen LogP contribution in [-0.2, 0) is 22.7 Å². The molecule has 0 amide bonds. The summed E-state index contributed by atoms with van der Waals surface area (Å²) in [7, 11) is 0. The van der Waals surface area contributed by atoms with Crippen molar-refractivity contribution in [3.05, 3.63) is 46.8 Å². The van der Waals surface area contributed by atoms with Gasteiger partial charge in [-0.2, -0.15) is 23.7 Å². The molecule has 2 rings (SSSR count). The van der Waals surface area contributed by atoms with Crippen LogP contribution >= 0.6 is 0 Å². The number of aromatic nitrogens is 1. The molecule has 0 radical (unpaired) electrons. The zero-order valence-electron chi connectivity index (χ0n) is 14.5. The zero-order chi connectivity index (χ0) is 20.6. The van der Waals surface area contributed by atoms with Crippen molar-refractivity contribution in [3.63, 3.8) is 0 Å². The summed E-state index contributed by atoms with van der Waals surface area (Å²) in [5.74, 6) is 0. The van der Waals surface area contributed by atoms with E-state index in [1.807, 2.05) is 6.07 Å². The molecule has 27 heavy (non-hydrogen) atoms. The van der Waals surface area contributed by atoms with Gasteiger partial charge in [-0.1, -0.05) is 32.9 Å². The van der Waals surface area contributed by atoms with Gasteiger partial charge in [-0.15, -0.1) is 0 Å². The second kappa shape index (κ2) is 7.10. The Balaban J connectivity index is 3.14. The van der Waals surface area contributed by atoms with E-state index in [9.17, 15) is 27.2 Å². The van der Waals surface area contributed by atoms with Crippen LogP contribution in [-0.4, -0.2) is 13.7 Å². The number of halogens is 3. The molecular formula is C18H14F3N3O2S. The Morgan fingerprint density at radius 3 is 2.19 bits per heavy atom. The third kappa shape index (κ3) is 4.00. The van der Waals surface area contributed by atoms with E-state index in [2.05, 4.69) is 4.98 Å². The molecular weight excluding hydrogens is 379 g/mol. The molecule has 0 spiro atoms. The lowest BCUT2D eigenvalue weighted by Crippen LogP contribution is -2.23. The number of hydrogen-bond donors (Lipinski definition) is 1. The second-order valence-electron chi connectivity index (χ2n) is 6.69. The van der Waals surface area contributed by atoms with Crippen LogP contribution in [0.15, 0.2) is 29.2 Å². The van der Waals surface area contributed by atoms with Crippen molar-refractivity contribution in [3.8, 4) is 23.3 Å². The fraction of sp³-hybridized carbons (Fsp3) is 0.278. The first-order valence-corrected chi connectivity index (χ1v) is 8.69. The fourth-order valence-electron chi connectivity index (χ4n) is 2.58. The second-order valence-corrected chi connectivity index (χ2v) is 7.60. The summed E-state index contributed by atoms with van der Waals surface area (Å²) in [6, 6.07) is 8.81. The topological polar surface area (TPSA) is 97.8 Å². The van der Waals surface area contributed by atoms with Crippen molar-refractivity contribution >= 4 is 11.1 Å². The van der Waals surface area contributed by atoms with E-state index in [1.165, 1.54) is 30.3 Å². The van der Waals surface area contributed by atoms with Gasteiger partial charge in [-0.25, -0.2) is 9.19 Å². The Morgan fingerprint density at radius 2 is 1.74 bits per heavy atom. The van der Waals surface area contributed by atoms with Crippen LogP contribution in [0.25, 0.3) is 11.1 Å². The van der Waals surface area contributed by atoms with Gasteiger partial charge in [0.15, 0.2) is 16.8 Å². The third-order valence-electron chi connectivity index (χ3n) is 3.70. The van der Waals surface area contributed by atoms with Crippen molar-refractivity contribution in [1.29, 1.82) is 10.5 Å². The Kier molecular flexibility index (Phi) is 5.41. The van der Waals surface area contributed by atoms with Gasteiger partial charge in [-0.05, 0) is 17.7 Å². The highest BCUT2D eigenvalue weighted by Crippen LogP contribution is 2.42. The van der Waals surface area contributed by atoms with Crippen LogP contribution in [0, 0.1) is 22.7 Å². The molecule has 140 valence electrons. The molecule has 1 atom stereocenters. The maximum Gasteiger partial charge on any atom is 0.434 e. The number of nitriles is 2. The average Bonchev–Trinajstić information content (AvgIpc) is 2.57. The van der Waals surface area contributed by atoms with E-state index in [4.69, 9.17) is 5.26 Å². The van der Waals surface area contributed by atoms with E-state index < -0.39 is 33.9 Å². The number of rotatable bonds is 2. The molecule has 0 aliphatic heterocycles. The minimum Gasteiger partial charge on any atom is -0.302 e. The zero-order valence-corrected chi connectivity index (χ0v) is 15.4. The normalized spacial score (nSPS) is 12.9. The minimum atomic E-state index is -4.94. The van der Waals surface area contributed by atoms with Gasteiger partial charge in [0.05, 0.1) is 27.8 Å². The van der Waals surface area contributed by atoms with Gasteiger partial charge in [0.25, 0.3) is 0 Å². The molecule has 9 heteroatoms. The number of alkyl halides is 3. The molecule has 1 aromatic heterocycles. The molecule has 5 nitrogen and oxygen atoms in total. The first-order chi connectivity index (χ1) is 12.4. The average molecular weight is 393 g/mol. The summed E-state index contributed by atoms with van der Waals surface area (Å²) in [4.78, 5) is 3.20. The number of pyridine rings is 1. The maximum absolute atomic E-state index is 13.6. The van der Waals surface area contributed by atoms with E-state index >= 15 is 0 Å². The summed E-state index contributed by atoms with van der Waals surface area (Å²) < 4.78 is 62.6. The molecule has 1 aromatic carbocycles. The summed E-state index contributed by atoms with van der Waals surface area (Å²) in [6.45, 7) is 4.65. The summed E-state index contributed by atoms with van der Waals surface area (Å²) in [5.41, 5.74) is -3.70. The van der Waals surface area contributed by atoms with Gasteiger partial charge >= 0.3 is 6.18 Å². The molecule has 0 saturated carbocycles. The van der Waals surface area contributed by atoms with Crippen LogP contribution < -0.4 is 0 Å². The lowest BCUT2D eigenvalue weighted by Gasteiger charge is -2.25. The van der Waals surface area contributed by atoms with Crippen LogP contribution in [0.5, 0.6) is 0 Å². The van der Waals surface area contributed by atoms with Gasteiger partial charge in [0.1, 0.15) is 6.07 Å². The molecule has 0 aliphatic rings. The highest BCUT2D eigenvalue weighted by atomic mass is 32.2. The molecule has 0 fully saturated rings. The Morgan fingerprint density at radius 1 is 1.11 bits per heavy atom. The Hall–Kier alpha value is -2.75. The molecule has 1 heterocycles. The van der Waals surface area contributed by atoms with Crippen LogP contribution in [0.3, 0.4) is 0 Å². The van der Waals surface area contributed by atoms with E-state index in [0.29, 0.717) is 0 Å². The standard InChI is InChI=1S/C18H14F3N3O2S/c1-17(2,3)16-14(27(25)26)13(11-6-4-5-10(7-11)8-22)12(9-23)15(24-16)18(19,20)21/h4-7H,1-3H3,(H,25,26). The molecule has 0 saturated heterocycles. The van der Waals surface area contributed by atoms with Gasteiger partial charge in [-0.3, -0.25) is 0 Å². The quantitative estimate of drug-likeness (QED) is 0.763. The van der Waals surface area contributed by atoms with Crippen LogP contribution in [0.4, 0.5) is 13.2 Å². The molecule has 1 unspecified atom stereocenters. The number of benzene rings is 1. The number of nitrogens with zero attached hydrogens (tertiary/aromatic N) is 3. The first-order valence-electron chi connectivity index (χ1n) is 7.59. The van der Waals surface area contributed by atoms with Gasteiger partial charge < -0.3 is 4.55 Å². The minimum absolute atomic E-state index is 0.0569. The van der Waals surface area contributed by atoms with Gasteiger partial charge in [0, 0.05) is 11.0 Å². The van der Waals surface area contributed by atoms with Gasteiger partial charge in [0.2, 0.25) is 0 Å². The Bertz CT molecular complexity index is 1010. The van der Waals surface area contributed by atoms with Crippen molar-refractivity contribution in [2.24, 2.45) is 0 Å². The summed E-state index contributed by atoms with van der Waals surface area (Å²) in [6.07, 6.45) is -4.94. The highest BCUT2D eigenvalue weighted by molar-refractivity contribution is 7.79. The largest absolute Gasteiger partial charge is 0.434 e. The first kappa shape index (κ1) is 20.6. The monoisotopic (exact) mass is 393 g/mol. The number of hydrogen-bond acceptors (Lipinski definition) is 4. The molecule has 1 N–H and O–H groups in total. The van der Waals surface area contributed by atoms with Crippen molar-refractivity contribution < 1.29 is 21.9 Å². The molecule has 0 bridgehead atoms. The van der Waals surface area contributed by atoms with Crippen molar-refractivity contribution in [2.45, 2.75) is 37.3 Å². The van der Waals surface area contributed by atoms with Crippen molar-refractivity contribution in [2.75, 3.05) is 0 Å². The smallest absolute Gasteiger partial charge is 0.302 e. The maximum atomic E-state index is 13.6. The predicted octanol–water partition coefficient (Wildman–Crippen LogP) is 4.39. The lowest BCUT2D eigenvalue weighted by molar-refractivity contribution is -0.141. The van der Waals surface area contributed by atoms with E-state index in [1.54, 1.807) is 20.8 Å². The predicted molar refractivity (Wildman–Crippen MR) is 91.8 cm³/mol. The van der Waals surface area contributed by atoms with Crippen LogP contribution in [0.1, 0.15) is 43.3 Å². The third-order valence-corrected chi connectivity index (χ3v) is 4.44. The highest BCUT2D eigenvalue weighted by Gasteiger charge is 2.41. The summed E-state index contributed by atoms with van der Waals surface area (Å²) in [5, 5.41) is 18.5. The van der Waals surface area contributed by atoms with E-state index in [-0.39, 0.29) is 27.3 Å². The van der Waals surface area contributed by atoms with Crippen LogP contribution in [0.2, 0.25) is 0 Å². The van der Waals surface area contributed by atoms with E-state index in [0.717, 1.165) is 0 Å². The fourth-order valence-corrected chi connectivity index (χ4v) is 3.49. The summed E-state index contributed by atoms with van der Waals surface area (Å²) >= 11 is -2.72. The lowest BCUT2D eigenvalue weighted by atomic mass is 9.87. The SMILES string of the molecule is CC(C)(C)c1nc(C(F)(F)F)c(C#N)c(-c2cccc(C#N)c2)c1S(=O)O. The van der Waals surface area contributed by atoms with Crippen molar-refractivity contribution in [1.82, 2.24) is 4.98 Å².